The van der Waals surface area contributed by atoms with Crippen molar-refractivity contribution in [1.82, 2.24) is 4.57 Å². The summed E-state index contributed by atoms with van der Waals surface area (Å²) in [7, 11) is 1.64. The molecule has 6 nitrogen and oxygen atoms in total. The van der Waals surface area contributed by atoms with Gasteiger partial charge in [0.2, 0.25) is 0 Å². The van der Waals surface area contributed by atoms with Crippen molar-refractivity contribution in [2.75, 3.05) is 11.9 Å². The quantitative estimate of drug-likeness (QED) is 0.658. The average Bonchev–Trinajstić information content (AvgIpc) is 2.94. The number of anilines is 1. The van der Waals surface area contributed by atoms with Crippen molar-refractivity contribution in [1.29, 1.82) is 0 Å². The molecule has 6 heteroatoms. The van der Waals surface area contributed by atoms with E-state index in [9.17, 15) is 14.4 Å². The van der Waals surface area contributed by atoms with Crippen molar-refractivity contribution in [2.45, 2.75) is 33.1 Å². The van der Waals surface area contributed by atoms with E-state index in [4.69, 9.17) is 4.74 Å². The van der Waals surface area contributed by atoms with E-state index in [2.05, 4.69) is 26.1 Å². The molecule has 0 spiro atoms. The number of aryl methyl sites for hydroxylation is 1. The van der Waals surface area contributed by atoms with Gasteiger partial charge in [-0.1, -0.05) is 32.9 Å². The summed E-state index contributed by atoms with van der Waals surface area (Å²) in [6, 6.07) is 8.99. The lowest BCUT2D eigenvalue weighted by Crippen LogP contribution is -2.22. The van der Waals surface area contributed by atoms with E-state index in [1.165, 1.54) is 17.6 Å². The summed E-state index contributed by atoms with van der Waals surface area (Å²) >= 11 is 0. The van der Waals surface area contributed by atoms with Crippen LogP contribution in [-0.4, -0.2) is 28.8 Å². The molecule has 0 aliphatic heterocycles. The standard InChI is InChI=1S/C20H24N2O4/c1-13(23)14-10-17(22(5)11-14)19(25)26-12-18(24)21-16-8-6-15(7-9-16)20(2,3)4/h6-11H,12H2,1-5H3,(H,21,24). The fraction of sp³-hybridized carbons (Fsp3) is 0.350. The van der Waals surface area contributed by atoms with Crippen molar-refractivity contribution >= 4 is 23.3 Å². The minimum absolute atomic E-state index is 0.0336. The van der Waals surface area contributed by atoms with Gasteiger partial charge in [-0.3, -0.25) is 9.59 Å². The molecule has 0 unspecified atom stereocenters. The molecule has 1 heterocycles. The summed E-state index contributed by atoms with van der Waals surface area (Å²) in [6.07, 6.45) is 1.55. The lowest BCUT2D eigenvalue weighted by molar-refractivity contribution is -0.119. The molecule has 0 fully saturated rings. The van der Waals surface area contributed by atoms with Crippen LogP contribution < -0.4 is 5.32 Å². The lowest BCUT2D eigenvalue weighted by atomic mass is 9.87. The Kier molecular flexibility index (Phi) is 5.65. The number of benzene rings is 1. The van der Waals surface area contributed by atoms with Crippen molar-refractivity contribution in [3.63, 3.8) is 0 Å². The van der Waals surface area contributed by atoms with Crippen LogP contribution in [-0.2, 0) is 22.0 Å². The van der Waals surface area contributed by atoms with Crippen LogP contribution in [0.15, 0.2) is 36.5 Å². The van der Waals surface area contributed by atoms with Crippen molar-refractivity contribution in [3.8, 4) is 0 Å². The third kappa shape index (κ3) is 4.81. The predicted molar refractivity (Wildman–Crippen MR) is 99.5 cm³/mol. The van der Waals surface area contributed by atoms with Gasteiger partial charge in [0.15, 0.2) is 12.4 Å². The number of Topliss-reactive ketones (excluding diaryl/α,β-unsaturated/α-hetero) is 1. The van der Waals surface area contributed by atoms with Gasteiger partial charge in [-0.15, -0.1) is 0 Å². The fourth-order valence-corrected chi connectivity index (χ4v) is 2.42. The second kappa shape index (κ2) is 7.56. The molecule has 26 heavy (non-hydrogen) atoms. The highest BCUT2D eigenvalue weighted by atomic mass is 16.5. The number of carbonyl (C=O) groups excluding carboxylic acids is 3. The normalized spacial score (nSPS) is 11.1. The van der Waals surface area contributed by atoms with E-state index in [1.54, 1.807) is 13.2 Å². The van der Waals surface area contributed by atoms with Crippen LogP contribution in [0.25, 0.3) is 0 Å². The van der Waals surface area contributed by atoms with Gasteiger partial charge in [-0.2, -0.15) is 0 Å². The molecule has 0 saturated heterocycles. The Morgan fingerprint density at radius 3 is 2.23 bits per heavy atom. The number of rotatable bonds is 5. The smallest absolute Gasteiger partial charge is 0.355 e. The number of esters is 1. The number of hydrogen-bond acceptors (Lipinski definition) is 4. The van der Waals surface area contributed by atoms with E-state index in [1.807, 2.05) is 24.3 Å². The molecule has 0 atom stereocenters. The van der Waals surface area contributed by atoms with Crippen molar-refractivity contribution in [3.05, 3.63) is 53.3 Å². The minimum Gasteiger partial charge on any atom is -0.451 e. The molecule has 1 aromatic carbocycles. The minimum atomic E-state index is -0.654. The molecule has 0 aliphatic rings. The maximum Gasteiger partial charge on any atom is 0.355 e. The summed E-state index contributed by atoms with van der Waals surface area (Å²) in [4.78, 5) is 35.4. The number of aromatic nitrogens is 1. The third-order valence-electron chi connectivity index (χ3n) is 3.99. The first kappa shape index (κ1) is 19.4. The predicted octanol–water partition coefficient (Wildman–Crippen LogP) is 3.32. The highest BCUT2D eigenvalue weighted by Crippen LogP contribution is 2.23. The number of ether oxygens (including phenoxy) is 1. The van der Waals surface area contributed by atoms with Crippen LogP contribution in [0.5, 0.6) is 0 Å². The number of hydrogen-bond donors (Lipinski definition) is 1. The van der Waals surface area contributed by atoms with E-state index in [0.29, 0.717) is 11.3 Å². The van der Waals surface area contributed by atoms with E-state index in [-0.39, 0.29) is 16.9 Å². The molecule has 0 bridgehead atoms. The van der Waals surface area contributed by atoms with Gasteiger partial charge in [0, 0.05) is 24.5 Å². The topological polar surface area (TPSA) is 77.4 Å². The Hall–Kier alpha value is -2.89. The Morgan fingerprint density at radius 1 is 1.12 bits per heavy atom. The molecule has 1 amide bonds. The van der Waals surface area contributed by atoms with Crippen LogP contribution in [0.1, 0.15) is 54.1 Å². The SMILES string of the molecule is CC(=O)c1cc(C(=O)OCC(=O)Nc2ccc(C(C)(C)C)cc2)n(C)c1. The number of nitrogens with one attached hydrogen (secondary N) is 1. The zero-order valence-electron chi connectivity index (χ0n) is 15.8. The van der Waals surface area contributed by atoms with Crippen molar-refractivity contribution < 1.29 is 19.1 Å². The maximum absolute atomic E-state index is 12.1. The van der Waals surface area contributed by atoms with Gasteiger partial charge in [0.05, 0.1) is 0 Å². The lowest BCUT2D eigenvalue weighted by Gasteiger charge is -2.19. The zero-order chi connectivity index (χ0) is 19.5. The average molecular weight is 356 g/mol. The highest BCUT2D eigenvalue weighted by molar-refractivity contribution is 5.98. The van der Waals surface area contributed by atoms with E-state index < -0.39 is 18.5 Å². The molecular formula is C20H24N2O4. The second-order valence-electron chi connectivity index (χ2n) is 7.23. The van der Waals surface area contributed by atoms with Gasteiger partial charge >= 0.3 is 5.97 Å². The number of nitrogens with zero attached hydrogens (tertiary/aromatic N) is 1. The number of carbonyl (C=O) groups is 3. The largest absolute Gasteiger partial charge is 0.451 e. The monoisotopic (exact) mass is 356 g/mol. The first-order valence-corrected chi connectivity index (χ1v) is 8.33. The molecule has 1 aromatic heterocycles. The van der Waals surface area contributed by atoms with Gasteiger partial charge in [-0.05, 0) is 36.1 Å². The summed E-state index contributed by atoms with van der Waals surface area (Å²) in [5.41, 5.74) is 2.47. The summed E-state index contributed by atoms with van der Waals surface area (Å²) in [5.74, 6) is -1.22. The van der Waals surface area contributed by atoms with Crippen molar-refractivity contribution in [2.24, 2.45) is 7.05 Å². The summed E-state index contributed by atoms with van der Waals surface area (Å²) < 4.78 is 6.53. The third-order valence-corrected chi connectivity index (χ3v) is 3.99. The second-order valence-corrected chi connectivity index (χ2v) is 7.23. The first-order chi connectivity index (χ1) is 12.1. The highest BCUT2D eigenvalue weighted by Gasteiger charge is 2.17. The van der Waals surface area contributed by atoms with Crippen LogP contribution in [0.2, 0.25) is 0 Å². The fourth-order valence-electron chi connectivity index (χ4n) is 2.42. The molecule has 138 valence electrons. The molecule has 2 aromatic rings. The van der Waals surface area contributed by atoms with Gasteiger partial charge in [0.25, 0.3) is 5.91 Å². The van der Waals surface area contributed by atoms with Crippen LogP contribution >= 0.6 is 0 Å². The Labute approximate surface area is 153 Å². The van der Waals surface area contributed by atoms with Crippen LogP contribution in [0, 0.1) is 0 Å². The Balaban J connectivity index is 1.92. The maximum atomic E-state index is 12.1. The molecule has 0 radical (unpaired) electrons. The molecule has 1 N–H and O–H groups in total. The number of ketones is 1. The van der Waals surface area contributed by atoms with E-state index in [0.717, 1.165) is 5.56 Å². The molecule has 0 aliphatic carbocycles. The molecule has 0 saturated carbocycles. The van der Waals surface area contributed by atoms with Gasteiger partial charge < -0.3 is 14.6 Å². The summed E-state index contributed by atoms with van der Waals surface area (Å²) in [5, 5.41) is 2.69. The van der Waals surface area contributed by atoms with Gasteiger partial charge in [0.1, 0.15) is 5.69 Å². The summed E-state index contributed by atoms with van der Waals surface area (Å²) in [6.45, 7) is 7.35. The van der Waals surface area contributed by atoms with E-state index >= 15 is 0 Å². The Bertz CT molecular complexity index is 826. The van der Waals surface area contributed by atoms with Gasteiger partial charge in [-0.25, -0.2) is 4.79 Å². The van der Waals surface area contributed by atoms with Crippen LogP contribution in [0.3, 0.4) is 0 Å². The Morgan fingerprint density at radius 2 is 1.73 bits per heavy atom. The first-order valence-electron chi connectivity index (χ1n) is 8.33. The molecular weight excluding hydrogens is 332 g/mol. The number of amides is 1. The van der Waals surface area contributed by atoms with Crippen LogP contribution in [0.4, 0.5) is 5.69 Å². The molecule has 2 rings (SSSR count). The zero-order valence-corrected chi connectivity index (χ0v) is 15.8.